The van der Waals surface area contributed by atoms with Crippen molar-refractivity contribution in [3.63, 3.8) is 0 Å². The molecule has 0 bridgehead atoms. The van der Waals surface area contributed by atoms with Crippen LogP contribution in [0.2, 0.25) is 0 Å². The van der Waals surface area contributed by atoms with E-state index >= 15 is 0 Å². The summed E-state index contributed by atoms with van der Waals surface area (Å²) in [5, 5.41) is 0. The van der Waals surface area contributed by atoms with Crippen LogP contribution in [0.4, 0.5) is 0 Å². The van der Waals surface area contributed by atoms with Crippen molar-refractivity contribution in [1.29, 1.82) is 0 Å². The zero-order valence-electron chi connectivity index (χ0n) is 4.96. The van der Waals surface area contributed by atoms with Crippen molar-refractivity contribution in [2.45, 2.75) is 13.0 Å². The molecule has 0 saturated carbocycles. The van der Waals surface area contributed by atoms with Gasteiger partial charge in [0.05, 0.1) is 0 Å². The summed E-state index contributed by atoms with van der Waals surface area (Å²) in [7, 11) is 0. The molecule has 1 aliphatic heterocycles. The molecule has 0 radical (unpaired) electrons. The van der Waals surface area contributed by atoms with E-state index in [-0.39, 0.29) is 11.9 Å². The molecule has 0 fully saturated rings. The first-order valence-corrected chi connectivity index (χ1v) is 3.47. The fourth-order valence-electron chi connectivity index (χ4n) is 0.563. The molecule has 1 heterocycles. The summed E-state index contributed by atoms with van der Waals surface area (Å²) in [6, 6.07) is 0. The summed E-state index contributed by atoms with van der Waals surface area (Å²) < 4.78 is 5.54. The average molecular weight is 189 g/mol. The molecule has 1 aliphatic rings. The third-order valence-electron chi connectivity index (χ3n) is 1.11. The zero-order chi connectivity index (χ0) is 6.85. The van der Waals surface area contributed by atoms with Gasteiger partial charge in [0.2, 0.25) is 0 Å². The molecule has 0 saturated heterocycles. The van der Waals surface area contributed by atoms with Crippen LogP contribution in [0.15, 0.2) is 12.3 Å². The molecule has 0 aromatic carbocycles. The fraction of sp³-hybridized carbons (Fsp3) is 0.333. The van der Waals surface area contributed by atoms with Crippen molar-refractivity contribution < 1.29 is 9.53 Å². The minimum absolute atomic E-state index is 0.0255. The quantitative estimate of drug-likeness (QED) is 0.494. The third-order valence-corrected chi connectivity index (χ3v) is 1.82. The second-order valence-electron chi connectivity index (χ2n) is 1.81. The van der Waals surface area contributed by atoms with Gasteiger partial charge in [-0.3, -0.25) is 0 Å². The number of hydrogen-bond acceptors (Lipinski definition) is 2. The molecule has 0 aliphatic carbocycles. The summed E-state index contributed by atoms with van der Waals surface area (Å²) in [6.45, 7) is 1.73. The van der Waals surface area contributed by atoms with Gasteiger partial charge in [-0.25, -0.2) is 0 Å². The summed E-state index contributed by atoms with van der Waals surface area (Å²) in [5.41, 5.74) is 0. The van der Waals surface area contributed by atoms with Gasteiger partial charge in [0, 0.05) is 0 Å². The molecule has 1 rings (SSSR count). The molecule has 0 aromatic heterocycles. The Labute approximate surface area is 61.2 Å². The van der Waals surface area contributed by atoms with Crippen molar-refractivity contribution in [1.82, 2.24) is 0 Å². The topological polar surface area (TPSA) is 26.3 Å². The van der Waals surface area contributed by atoms with E-state index in [9.17, 15) is 4.79 Å². The number of ketones is 1. The predicted octanol–water partition coefficient (Wildman–Crippen LogP) is -0.171. The maximum atomic E-state index is 10.9. The monoisotopic (exact) mass is 190 g/mol. The van der Waals surface area contributed by atoms with Crippen LogP contribution in [0.25, 0.3) is 0 Å². The van der Waals surface area contributed by atoms with Crippen LogP contribution in [-0.2, 0) is 9.53 Å². The molecule has 0 N–H and O–H groups in total. The normalized spacial score (nSPS) is 26.1. The molecule has 1 atom stereocenters. The number of rotatable bonds is 0. The first-order chi connectivity index (χ1) is 4.22. The van der Waals surface area contributed by atoms with Crippen molar-refractivity contribution in [2.24, 2.45) is 0 Å². The van der Waals surface area contributed by atoms with Crippen molar-refractivity contribution in [3.05, 3.63) is 12.3 Å². The molecule has 0 spiro atoms. The van der Waals surface area contributed by atoms with Gasteiger partial charge in [-0.05, 0) is 0 Å². The second kappa shape index (κ2) is 2.46. The van der Waals surface area contributed by atoms with Gasteiger partial charge in [-0.15, -0.1) is 0 Å². The number of ether oxygens (including phenoxy) is 1. The van der Waals surface area contributed by atoms with Gasteiger partial charge < -0.3 is 0 Å². The van der Waals surface area contributed by atoms with Gasteiger partial charge >= 0.3 is 60.7 Å². The van der Waals surface area contributed by atoms with Crippen LogP contribution in [0.3, 0.4) is 0 Å². The van der Waals surface area contributed by atoms with E-state index in [2.05, 4.69) is 15.6 Å². The standard InChI is InChI=1S/C6H6O2Se/c1-4-6(7)5(9)2-3-8-4/h2-4H,1H3/t4-/m1/s1. The van der Waals surface area contributed by atoms with Gasteiger partial charge in [-0.2, -0.15) is 0 Å². The van der Waals surface area contributed by atoms with Crippen molar-refractivity contribution >= 4 is 25.8 Å². The van der Waals surface area contributed by atoms with Crippen LogP contribution in [0, 0.1) is 0 Å². The SMILES string of the molecule is C[C@H]1OC=CC(=[Se])C1=O. The molecule has 3 heteroatoms. The number of carbonyl (C=O) groups excluding carboxylic acids is 1. The van der Waals surface area contributed by atoms with Crippen LogP contribution < -0.4 is 0 Å². The fourth-order valence-corrected chi connectivity index (χ4v) is 1.03. The van der Waals surface area contributed by atoms with Crippen molar-refractivity contribution in [3.8, 4) is 0 Å². The Hall–Kier alpha value is -0.401. The Morgan fingerprint density at radius 3 is 2.89 bits per heavy atom. The molecular formula is C6H6O2Se. The van der Waals surface area contributed by atoms with E-state index in [0.29, 0.717) is 4.42 Å². The Kier molecular flexibility index (Phi) is 1.84. The summed E-state index contributed by atoms with van der Waals surface area (Å²) in [4.78, 5) is 10.9. The number of allylic oxidation sites excluding steroid dienone is 1. The third kappa shape index (κ3) is 1.29. The van der Waals surface area contributed by atoms with E-state index in [1.807, 2.05) is 0 Å². The van der Waals surface area contributed by atoms with E-state index in [0.717, 1.165) is 0 Å². The van der Waals surface area contributed by atoms with Crippen LogP contribution >= 0.6 is 0 Å². The van der Waals surface area contributed by atoms with Crippen LogP contribution in [0.1, 0.15) is 6.92 Å². The summed E-state index contributed by atoms with van der Waals surface area (Å²) in [6.07, 6.45) is 2.84. The number of carbonyl (C=O) groups is 1. The maximum absolute atomic E-state index is 10.9. The summed E-state index contributed by atoms with van der Waals surface area (Å²) in [5.74, 6) is 0.0255. The second-order valence-corrected chi connectivity index (χ2v) is 2.73. The predicted molar refractivity (Wildman–Crippen MR) is 35.5 cm³/mol. The van der Waals surface area contributed by atoms with Crippen molar-refractivity contribution in [2.75, 3.05) is 0 Å². The first-order valence-electron chi connectivity index (χ1n) is 2.62. The van der Waals surface area contributed by atoms with Crippen LogP contribution in [-0.4, -0.2) is 31.9 Å². The Balaban J connectivity index is 2.81. The van der Waals surface area contributed by atoms with Gasteiger partial charge in [0.25, 0.3) is 0 Å². The molecule has 0 aromatic rings. The molecule has 0 unspecified atom stereocenters. The molecular weight excluding hydrogens is 183 g/mol. The minimum atomic E-state index is -0.314. The Morgan fingerprint density at radius 1 is 1.78 bits per heavy atom. The molecule has 0 amide bonds. The van der Waals surface area contributed by atoms with Gasteiger partial charge in [0.15, 0.2) is 0 Å². The van der Waals surface area contributed by atoms with Gasteiger partial charge in [-0.1, -0.05) is 0 Å². The first kappa shape index (κ1) is 6.72. The Morgan fingerprint density at radius 2 is 2.44 bits per heavy atom. The van der Waals surface area contributed by atoms with E-state index in [4.69, 9.17) is 4.74 Å². The Bertz CT molecular complexity index is 183. The molecule has 48 valence electrons. The van der Waals surface area contributed by atoms with Gasteiger partial charge in [0.1, 0.15) is 0 Å². The van der Waals surface area contributed by atoms with E-state index in [1.54, 1.807) is 13.0 Å². The summed E-state index contributed by atoms with van der Waals surface area (Å²) >= 11 is 2.66. The molecule has 2 nitrogen and oxygen atoms in total. The van der Waals surface area contributed by atoms with E-state index in [1.165, 1.54) is 6.26 Å². The number of Topliss-reactive ketones (excluding diaryl/α,β-unsaturated/α-hetero) is 1. The zero-order valence-corrected chi connectivity index (χ0v) is 6.67. The molecule has 9 heavy (non-hydrogen) atoms. The van der Waals surface area contributed by atoms with E-state index < -0.39 is 0 Å². The number of hydrogen-bond donors (Lipinski definition) is 0. The van der Waals surface area contributed by atoms with Crippen LogP contribution in [0.5, 0.6) is 0 Å². The average Bonchev–Trinajstić information content (AvgIpc) is 1.83.